The minimum atomic E-state index is 0.0153. The van der Waals surface area contributed by atoms with Crippen LogP contribution in [0.5, 0.6) is 5.75 Å². The van der Waals surface area contributed by atoms with Gasteiger partial charge in [0, 0.05) is 6.04 Å². The number of benzene rings is 2. The Morgan fingerprint density at radius 1 is 1.10 bits per heavy atom. The highest BCUT2D eigenvalue weighted by Gasteiger charge is 2.36. The van der Waals surface area contributed by atoms with Crippen LogP contribution in [0.25, 0.3) is 6.08 Å². The summed E-state index contributed by atoms with van der Waals surface area (Å²) < 4.78 is 5.64. The molecule has 1 fully saturated rings. The molecule has 0 unspecified atom stereocenters. The van der Waals surface area contributed by atoms with E-state index in [4.69, 9.17) is 9.73 Å². The molecule has 5 heteroatoms. The summed E-state index contributed by atoms with van der Waals surface area (Å²) in [5, 5.41) is 0.738. The molecular formula is C24H28N2O2S. The zero-order valence-electron chi connectivity index (χ0n) is 17.5. The second-order valence-corrected chi connectivity index (χ2v) is 8.20. The number of amides is 1. The number of rotatable bonds is 7. The molecule has 1 heterocycles. The lowest BCUT2D eigenvalue weighted by atomic mass is 10.2. The number of hydrogen-bond acceptors (Lipinski definition) is 4. The first kappa shape index (κ1) is 21.2. The molecule has 1 atom stereocenters. The van der Waals surface area contributed by atoms with E-state index in [1.807, 2.05) is 59.5 Å². The number of carbonyl (C=O) groups excluding carboxylic acids is 1. The third-order valence-electron chi connectivity index (χ3n) is 4.78. The number of thioether (sulfide) groups is 1. The molecule has 0 aliphatic carbocycles. The molecule has 4 nitrogen and oxygen atoms in total. The van der Waals surface area contributed by atoms with Crippen LogP contribution in [0, 0.1) is 6.92 Å². The average molecular weight is 409 g/mol. The highest BCUT2D eigenvalue weighted by Crippen LogP contribution is 2.36. The van der Waals surface area contributed by atoms with Crippen molar-refractivity contribution in [2.45, 2.75) is 46.6 Å². The molecule has 0 saturated carbocycles. The molecule has 1 amide bonds. The van der Waals surface area contributed by atoms with E-state index in [9.17, 15) is 4.79 Å². The summed E-state index contributed by atoms with van der Waals surface area (Å²) in [6.07, 6.45) is 3.78. The lowest BCUT2D eigenvalue weighted by molar-refractivity contribution is -0.123. The Morgan fingerprint density at radius 2 is 1.79 bits per heavy atom. The van der Waals surface area contributed by atoms with E-state index in [2.05, 4.69) is 27.7 Å². The van der Waals surface area contributed by atoms with Crippen LogP contribution in [0.15, 0.2) is 58.4 Å². The van der Waals surface area contributed by atoms with Gasteiger partial charge in [-0.05, 0) is 74.4 Å². The maximum atomic E-state index is 13.1. The number of ether oxygens (including phenoxy) is 1. The molecule has 1 saturated heterocycles. The lowest BCUT2D eigenvalue weighted by Gasteiger charge is -2.22. The normalized spacial score (nSPS) is 17.9. The Bertz CT molecular complexity index is 901. The standard InChI is InChI=1S/C24H28N2O2S/c1-5-15-28-21-13-9-19(10-14-21)16-22-23(27)26(18(4)6-2)24(29-22)25-20-11-7-17(3)8-12-20/h7-14,16,18H,5-6,15H2,1-4H3/b22-16+,25-24?/t18-/m1/s1. The van der Waals surface area contributed by atoms with Crippen molar-refractivity contribution < 1.29 is 9.53 Å². The van der Waals surface area contributed by atoms with Crippen LogP contribution in [-0.2, 0) is 4.79 Å². The fourth-order valence-corrected chi connectivity index (χ4v) is 3.99. The smallest absolute Gasteiger partial charge is 0.266 e. The molecule has 0 spiro atoms. The van der Waals surface area contributed by atoms with Gasteiger partial charge in [0.2, 0.25) is 0 Å². The molecule has 1 aliphatic heterocycles. The third-order valence-corrected chi connectivity index (χ3v) is 5.76. The summed E-state index contributed by atoms with van der Waals surface area (Å²) in [6, 6.07) is 16.0. The van der Waals surface area contributed by atoms with Crippen molar-refractivity contribution in [2.24, 2.45) is 4.99 Å². The van der Waals surface area contributed by atoms with Gasteiger partial charge in [0.15, 0.2) is 5.17 Å². The largest absolute Gasteiger partial charge is 0.494 e. The van der Waals surface area contributed by atoms with Crippen molar-refractivity contribution >= 4 is 34.6 Å². The monoisotopic (exact) mass is 408 g/mol. The highest BCUT2D eigenvalue weighted by molar-refractivity contribution is 8.18. The van der Waals surface area contributed by atoms with Gasteiger partial charge in [-0.25, -0.2) is 4.99 Å². The Kier molecular flexibility index (Phi) is 7.15. The van der Waals surface area contributed by atoms with Crippen LogP contribution in [0.2, 0.25) is 0 Å². The van der Waals surface area contributed by atoms with Crippen LogP contribution in [0.4, 0.5) is 5.69 Å². The summed E-state index contributed by atoms with van der Waals surface area (Å²) in [5.41, 5.74) is 3.03. The minimum Gasteiger partial charge on any atom is -0.494 e. The predicted octanol–water partition coefficient (Wildman–Crippen LogP) is 6.19. The number of aliphatic imine (C=N–C) groups is 1. The zero-order valence-corrected chi connectivity index (χ0v) is 18.3. The van der Waals surface area contributed by atoms with Gasteiger partial charge < -0.3 is 4.74 Å². The van der Waals surface area contributed by atoms with Crippen molar-refractivity contribution in [3.63, 3.8) is 0 Å². The van der Waals surface area contributed by atoms with E-state index in [0.717, 1.165) is 35.0 Å². The van der Waals surface area contributed by atoms with Crippen molar-refractivity contribution in [1.82, 2.24) is 4.90 Å². The molecule has 152 valence electrons. The number of carbonyl (C=O) groups is 1. The average Bonchev–Trinajstić information content (AvgIpc) is 3.03. The molecule has 0 N–H and O–H groups in total. The Balaban J connectivity index is 1.87. The number of amidine groups is 1. The topological polar surface area (TPSA) is 41.9 Å². The summed E-state index contributed by atoms with van der Waals surface area (Å²) in [4.78, 5) is 20.4. The van der Waals surface area contributed by atoms with Gasteiger partial charge in [0.25, 0.3) is 5.91 Å². The molecule has 0 radical (unpaired) electrons. The molecule has 29 heavy (non-hydrogen) atoms. The first-order valence-electron chi connectivity index (χ1n) is 10.1. The number of hydrogen-bond donors (Lipinski definition) is 0. The van der Waals surface area contributed by atoms with Crippen molar-refractivity contribution in [3.05, 3.63) is 64.6 Å². The maximum Gasteiger partial charge on any atom is 0.266 e. The third kappa shape index (κ3) is 5.30. The summed E-state index contributed by atoms with van der Waals surface area (Å²) >= 11 is 1.44. The molecule has 3 rings (SSSR count). The summed E-state index contributed by atoms with van der Waals surface area (Å²) in [5.74, 6) is 0.865. The van der Waals surface area contributed by atoms with Gasteiger partial charge in [-0.2, -0.15) is 0 Å². The lowest BCUT2D eigenvalue weighted by Crippen LogP contribution is -2.36. The second kappa shape index (κ2) is 9.79. The first-order chi connectivity index (χ1) is 14.0. The van der Waals surface area contributed by atoms with Crippen molar-refractivity contribution in [1.29, 1.82) is 0 Å². The number of aryl methyl sites for hydroxylation is 1. The van der Waals surface area contributed by atoms with Gasteiger partial charge in [0.1, 0.15) is 5.75 Å². The Morgan fingerprint density at radius 3 is 2.41 bits per heavy atom. The van der Waals surface area contributed by atoms with E-state index in [-0.39, 0.29) is 11.9 Å². The van der Waals surface area contributed by atoms with E-state index in [1.165, 1.54) is 17.3 Å². The van der Waals surface area contributed by atoms with Gasteiger partial charge >= 0.3 is 0 Å². The van der Waals surface area contributed by atoms with Gasteiger partial charge in [0.05, 0.1) is 17.2 Å². The van der Waals surface area contributed by atoms with E-state index in [0.29, 0.717) is 11.5 Å². The van der Waals surface area contributed by atoms with E-state index < -0.39 is 0 Å². The Labute approximate surface area is 177 Å². The fourth-order valence-electron chi connectivity index (χ4n) is 2.90. The Hall–Kier alpha value is -2.53. The minimum absolute atomic E-state index is 0.0153. The molecular weight excluding hydrogens is 380 g/mol. The van der Waals surface area contributed by atoms with Crippen LogP contribution in [0.3, 0.4) is 0 Å². The SMILES string of the molecule is CCCOc1ccc(/C=C2/SC(=Nc3ccc(C)cc3)N([C@H](C)CC)C2=O)cc1. The van der Waals surface area contributed by atoms with E-state index in [1.54, 1.807) is 0 Å². The summed E-state index contributed by atoms with van der Waals surface area (Å²) in [7, 11) is 0. The van der Waals surface area contributed by atoms with Crippen LogP contribution in [0.1, 0.15) is 44.7 Å². The van der Waals surface area contributed by atoms with Crippen LogP contribution < -0.4 is 4.74 Å². The zero-order chi connectivity index (χ0) is 20.8. The molecule has 2 aromatic carbocycles. The van der Waals surface area contributed by atoms with Crippen molar-refractivity contribution in [3.8, 4) is 5.75 Å². The molecule has 1 aliphatic rings. The fraction of sp³-hybridized carbons (Fsp3) is 0.333. The summed E-state index contributed by atoms with van der Waals surface area (Å²) in [6.45, 7) is 8.99. The van der Waals surface area contributed by atoms with Gasteiger partial charge in [-0.15, -0.1) is 0 Å². The van der Waals surface area contributed by atoms with E-state index >= 15 is 0 Å². The molecule has 2 aromatic rings. The van der Waals surface area contributed by atoms with Crippen LogP contribution >= 0.6 is 11.8 Å². The molecule has 0 bridgehead atoms. The second-order valence-electron chi connectivity index (χ2n) is 7.19. The number of nitrogens with zero attached hydrogens (tertiary/aromatic N) is 2. The first-order valence-corrected chi connectivity index (χ1v) is 10.9. The van der Waals surface area contributed by atoms with Gasteiger partial charge in [-0.1, -0.05) is 43.7 Å². The predicted molar refractivity (Wildman–Crippen MR) is 123 cm³/mol. The van der Waals surface area contributed by atoms with Crippen molar-refractivity contribution in [2.75, 3.05) is 6.61 Å². The maximum absolute atomic E-state index is 13.1. The highest BCUT2D eigenvalue weighted by atomic mass is 32.2. The molecule has 0 aromatic heterocycles. The quantitative estimate of drug-likeness (QED) is 0.513. The van der Waals surface area contributed by atoms with Crippen LogP contribution in [-0.4, -0.2) is 28.6 Å². The van der Waals surface area contributed by atoms with Gasteiger partial charge in [-0.3, -0.25) is 9.69 Å².